The maximum absolute atomic E-state index is 12.6. The van der Waals surface area contributed by atoms with Crippen LogP contribution >= 0.6 is 0 Å². The zero-order chi connectivity index (χ0) is 16.8. The molecule has 0 aliphatic carbocycles. The van der Waals surface area contributed by atoms with Crippen LogP contribution in [0.1, 0.15) is 25.0 Å². The molecule has 3 heterocycles. The minimum atomic E-state index is -3.41. The largest absolute Gasteiger partial charge is 0.370 e. The Morgan fingerprint density at radius 1 is 1.04 bits per heavy atom. The van der Waals surface area contributed by atoms with Gasteiger partial charge in [-0.15, -0.1) is 0 Å². The Balaban J connectivity index is 1.58. The molecule has 24 heavy (non-hydrogen) atoms. The van der Waals surface area contributed by atoms with E-state index in [4.69, 9.17) is 0 Å². The van der Waals surface area contributed by atoms with Crippen molar-refractivity contribution in [3.05, 3.63) is 48.4 Å². The maximum atomic E-state index is 12.6. The fraction of sp³-hybridized carbons (Fsp3) is 0.412. The Morgan fingerprint density at radius 2 is 1.88 bits per heavy atom. The van der Waals surface area contributed by atoms with Crippen LogP contribution in [0.3, 0.4) is 0 Å². The molecule has 3 rings (SSSR count). The van der Waals surface area contributed by atoms with Gasteiger partial charge in [0.1, 0.15) is 10.7 Å². The lowest BCUT2D eigenvalue weighted by molar-refractivity contribution is 0.346. The number of hydrogen-bond donors (Lipinski definition) is 1. The Morgan fingerprint density at radius 3 is 2.54 bits per heavy atom. The predicted octanol–water partition coefficient (Wildman–Crippen LogP) is 2.31. The number of pyridine rings is 2. The average Bonchev–Trinajstić information content (AvgIpc) is 2.64. The number of nitrogens with one attached hydrogen (secondary N) is 1. The molecule has 6 nitrogen and oxygen atoms in total. The van der Waals surface area contributed by atoms with Gasteiger partial charge in [0.2, 0.25) is 10.0 Å². The summed E-state index contributed by atoms with van der Waals surface area (Å²) in [6.07, 6.45) is 6.96. The Hall–Kier alpha value is -1.99. The molecule has 1 saturated heterocycles. The number of aromatic nitrogens is 2. The zero-order valence-corrected chi connectivity index (χ0v) is 14.4. The minimum absolute atomic E-state index is 0.264. The molecule has 0 radical (unpaired) electrons. The van der Waals surface area contributed by atoms with Crippen LogP contribution < -0.4 is 5.32 Å². The summed E-state index contributed by atoms with van der Waals surface area (Å²) in [5.74, 6) is 0.670. The van der Waals surface area contributed by atoms with Gasteiger partial charge in [0.05, 0.1) is 0 Å². The smallest absolute Gasteiger partial charge is 0.244 e. The molecule has 1 N–H and O–H groups in total. The van der Waals surface area contributed by atoms with Gasteiger partial charge >= 0.3 is 0 Å². The van der Waals surface area contributed by atoms with Gasteiger partial charge < -0.3 is 5.32 Å². The van der Waals surface area contributed by atoms with Gasteiger partial charge in [0.15, 0.2) is 0 Å². The summed E-state index contributed by atoms with van der Waals surface area (Å²) in [5.41, 5.74) is 1.01. The molecular formula is C17H22N4O2S. The monoisotopic (exact) mass is 346 g/mol. The molecule has 1 fully saturated rings. The molecule has 0 spiro atoms. The van der Waals surface area contributed by atoms with Crippen molar-refractivity contribution in [2.45, 2.75) is 30.6 Å². The molecule has 0 unspecified atom stereocenters. The highest BCUT2D eigenvalue weighted by molar-refractivity contribution is 7.89. The first-order valence-electron chi connectivity index (χ1n) is 8.26. The van der Waals surface area contributed by atoms with Crippen molar-refractivity contribution >= 4 is 15.8 Å². The van der Waals surface area contributed by atoms with Gasteiger partial charge in [-0.1, -0.05) is 12.5 Å². The van der Waals surface area contributed by atoms with Crippen LogP contribution in [0.5, 0.6) is 0 Å². The molecule has 0 aromatic carbocycles. The first-order valence-corrected chi connectivity index (χ1v) is 9.70. The second-order valence-corrected chi connectivity index (χ2v) is 7.78. The molecule has 0 amide bonds. The number of piperidine rings is 1. The summed E-state index contributed by atoms with van der Waals surface area (Å²) in [7, 11) is -3.41. The lowest BCUT2D eigenvalue weighted by Crippen LogP contribution is -2.35. The van der Waals surface area contributed by atoms with Crippen LogP contribution in [-0.4, -0.2) is 42.3 Å². The number of rotatable bonds is 6. The van der Waals surface area contributed by atoms with E-state index in [1.807, 2.05) is 18.2 Å². The molecule has 1 aliphatic heterocycles. The molecule has 128 valence electrons. The van der Waals surface area contributed by atoms with Crippen molar-refractivity contribution in [3.63, 3.8) is 0 Å². The summed E-state index contributed by atoms with van der Waals surface area (Å²) in [6.45, 7) is 1.90. The molecule has 0 bridgehead atoms. The SMILES string of the molecule is O=S(=O)(c1ccc(NCCc2ccccn2)nc1)N1CCCCC1. The molecule has 7 heteroatoms. The molecular weight excluding hydrogens is 324 g/mol. The van der Waals surface area contributed by atoms with Crippen molar-refractivity contribution in [2.24, 2.45) is 0 Å². The summed E-state index contributed by atoms with van der Waals surface area (Å²) in [4.78, 5) is 8.76. The fourth-order valence-corrected chi connectivity index (χ4v) is 4.22. The second kappa shape index (κ2) is 7.72. The third kappa shape index (κ3) is 4.10. The van der Waals surface area contributed by atoms with E-state index < -0.39 is 10.0 Å². The van der Waals surface area contributed by atoms with Crippen molar-refractivity contribution < 1.29 is 8.42 Å². The highest BCUT2D eigenvalue weighted by atomic mass is 32.2. The highest BCUT2D eigenvalue weighted by Gasteiger charge is 2.25. The second-order valence-electron chi connectivity index (χ2n) is 5.84. The molecule has 0 saturated carbocycles. The number of hydrogen-bond acceptors (Lipinski definition) is 5. The number of nitrogens with zero attached hydrogens (tertiary/aromatic N) is 3. The van der Waals surface area contributed by atoms with Crippen LogP contribution in [0, 0.1) is 0 Å². The lowest BCUT2D eigenvalue weighted by atomic mass is 10.2. The van der Waals surface area contributed by atoms with Crippen LogP contribution in [0.2, 0.25) is 0 Å². The van der Waals surface area contributed by atoms with Gasteiger partial charge in [-0.3, -0.25) is 4.98 Å². The molecule has 0 atom stereocenters. The van der Waals surface area contributed by atoms with Gasteiger partial charge in [-0.2, -0.15) is 4.31 Å². The maximum Gasteiger partial charge on any atom is 0.244 e. The van der Waals surface area contributed by atoms with Crippen molar-refractivity contribution in [1.82, 2.24) is 14.3 Å². The Kier molecular flexibility index (Phi) is 5.42. The summed E-state index contributed by atoms with van der Waals surface area (Å²) in [6, 6.07) is 9.17. The quantitative estimate of drug-likeness (QED) is 0.869. The first-order chi connectivity index (χ1) is 11.7. The average molecular weight is 346 g/mol. The van der Waals surface area contributed by atoms with Crippen LogP contribution in [0.15, 0.2) is 47.6 Å². The number of anilines is 1. The summed E-state index contributed by atoms with van der Waals surface area (Å²) < 4.78 is 26.7. The predicted molar refractivity (Wildman–Crippen MR) is 93.3 cm³/mol. The van der Waals surface area contributed by atoms with Gasteiger partial charge in [0, 0.05) is 44.1 Å². The fourth-order valence-electron chi connectivity index (χ4n) is 2.76. The van der Waals surface area contributed by atoms with Crippen molar-refractivity contribution in [3.8, 4) is 0 Å². The summed E-state index contributed by atoms with van der Waals surface area (Å²) >= 11 is 0. The lowest BCUT2D eigenvalue weighted by Gasteiger charge is -2.25. The Labute approximate surface area is 143 Å². The van der Waals surface area contributed by atoms with Gasteiger partial charge in [-0.05, 0) is 37.1 Å². The highest BCUT2D eigenvalue weighted by Crippen LogP contribution is 2.20. The van der Waals surface area contributed by atoms with E-state index in [9.17, 15) is 8.42 Å². The standard InChI is InChI=1S/C17H22N4O2S/c22-24(23,21-12-4-1-5-13-21)16-7-8-17(20-14-16)19-11-9-15-6-2-3-10-18-15/h2-3,6-8,10,14H,1,4-5,9,11-13H2,(H,19,20). The number of sulfonamides is 1. The van der Waals surface area contributed by atoms with E-state index in [1.54, 1.807) is 22.6 Å². The Bertz CT molecular complexity index is 742. The third-order valence-corrected chi connectivity index (χ3v) is 5.98. The van der Waals surface area contributed by atoms with E-state index in [0.29, 0.717) is 25.5 Å². The van der Waals surface area contributed by atoms with E-state index in [0.717, 1.165) is 31.4 Å². The molecule has 1 aliphatic rings. The zero-order valence-electron chi connectivity index (χ0n) is 13.6. The van der Waals surface area contributed by atoms with Gasteiger partial charge in [-0.25, -0.2) is 13.4 Å². The van der Waals surface area contributed by atoms with Crippen LogP contribution in [-0.2, 0) is 16.4 Å². The minimum Gasteiger partial charge on any atom is -0.370 e. The third-order valence-electron chi connectivity index (χ3n) is 4.10. The normalized spacial score (nSPS) is 16.0. The van der Waals surface area contributed by atoms with E-state index in [2.05, 4.69) is 15.3 Å². The first kappa shape index (κ1) is 16.9. The summed E-state index contributed by atoms with van der Waals surface area (Å²) in [5, 5.41) is 3.19. The van der Waals surface area contributed by atoms with E-state index in [-0.39, 0.29) is 4.90 Å². The molecule has 2 aromatic rings. The van der Waals surface area contributed by atoms with Crippen molar-refractivity contribution in [2.75, 3.05) is 25.0 Å². The molecule has 2 aromatic heterocycles. The van der Waals surface area contributed by atoms with Crippen molar-refractivity contribution in [1.29, 1.82) is 0 Å². The topological polar surface area (TPSA) is 75.2 Å². The van der Waals surface area contributed by atoms with E-state index in [1.165, 1.54) is 6.20 Å². The van der Waals surface area contributed by atoms with Crippen LogP contribution in [0.25, 0.3) is 0 Å². The van der Waals surface area contributed by atoms with E-state index >= 15 is 0 Å². The van der Waals surface area contributed by atoms with Gasteiger partial charge in [0.25, 0.3) is 0 Å². The van der Waals surface area contributed by atoms with Crippen LogP contribution in [0.4, 0.5) is 5.82 Å².